The van der Waals surface area contributed by atoms with Crippen LogP contribution in [0.3, 0.4) is 0 Å². The van der Waals surface area contributed by atoms with Gasteiger partial charge in [0.1, 0.15) is 0 Å². The third-order valence-corrected chi connectivity index (χ3v) is 5.77. The number of nitrogens with one attached hydrogen (secondary N) is 1. The van der Waals surface area contributed by atoms with Crippen molar-refractivity contribution >= 4 is 10.0 Å². The fourth-order valence-electron chi connectivity index (χ4n) is 2.56. The molecule has 1 aliphatic rings. The maximum absolute atomic E-state index is 12.5. The van der Waals surface area contributed by atoms with Crippen LogP contribution < -0.4 is 5.32 Å². The highest BCUT2D eigenvalue weighted by molar-refractivity contribution is 7.89. The van der Waals surface area contributed by atoms with Crippen LogP contribution in [0.2, 0.25) is 0 Å². The Bertz CT molecular complexity index is 543. The first-order valence-electron chi connectivity index (χ1n) is 7.73. The SMILES string of the molecule is CCCNCc1ccc(S(=O)(=O)N2CCC(CC)C2)nc1. The first-order valence-corrected chi connectivity index (χ1v) is 9.17. The molecule has 1 aromatic rings. The Morgan fingerprint density at radius 2 is 2.19 bits per heavy atom. The van der Waals surface area contributed by atoms with Crippen molar-refractivity contribution in [1.82, 2.24) is 14.6 Å². The molecule has 0 aromatic carbocycles. The van der Waals surface area contributed by atoms with Crippen LogP contribution in [0.1, 0.15) is 38.7 Å². The molecular formula is C15H25N3O2S. The summed E-state index contributed by atoms with van der Waals surface area (Å²) in [6.07, 6.45) is 4.71. The van der Waals surface area contributed by atoms with Gasteiger partial charge in [-0.25, -0.2) is 13.4 Å². The van der Waals surface area contributed by atoms with E-state index in [0.29, 0.717) is 19.0 Å². The molecule has 1 unspecified atom stereocenters. The first kappa shape index (κ1) is 16.4. The highest BCUT2D eigenvalue weighted by Crippen LogP contribution is 2.25. The van der Waals surface area contributed by atoms with Gasteiger partial charge in [0, 0.05) is 25.8 Å². The molecule has 1 aliphatic heterocycles. The molecule has 0 spiro atoms. The minimum atomic E-state index is -3.42. The number of aromatic nitrogens is 1. The summed E-state index contributed by atoms with van der Waals surface area (Å²) in [6, 6.07) is 3.47. The van der Waals surface area contributed by atoms with E-state index in [1.807, 2.05) is 6.07 Å². The molecule has 118 valence electrons. The number of nitrogens with zero attached hydrogens (tertiary/aromatic N) is 2. The Labute approximate surface area is 127 Å². The molecule has 5 nitrogen and oxygen atoms in total. The lowest BCUT2D eigenvalue weighted by Gasteiger charge is -2.15. The Morgan fingerprint density at radius 3 is 2.76 bits per heavy atom. The third-order valence-electron chi connectivity index (χ3n) is 3.98. The van der Waals surface area contributed by atoms with Crippen molar-refractivity contribution in [1.29, 1.82) is 0 Å². The highest BCUT2D eigenvalue weighted by Gasteiger charge is 2.32. The summed E-state index contributed by atoms with van der Waals surface area (Å²) in [4.78, 5) is 4.15. The summed E-state index contributed by atoms with van der Waals surface area (Å²) in [7, 11) is -3.42. The van der Waals surface area contributed by atoms with Gasteiger partial charge in [0.05, 0.1) is 0 Å². The first-order chi connectivity index (χ1) is 10.1. The zero-order valence-corrected chi connectivity index (χ0v) is 13.7. The standard InChI is InChI=1S/C15H25N3O2S/c1-3-8-16-10-14-5-6-15(17-11-14)21(19,20)18-9-7-13(4-2)12-18/h5-6,11,13,16H,3-4,7-10,12H2,1-2H3. The summed E-state index contributed by atoms with van der Waals surface area (Å²) in [5.74, 6) is 0.484. The Morgan fingerprint density at radius 1 is 1.38 bits per heavy atom. The van der Waals surface area contributed by atoms with Crippen molar-refractivity contribution in [3.05, 3.63) is 23.9 Å². The van der Waals surface area contributed by atoms with Crippen LogP contribution >= 0.6 is 0 Å². The van der Waals surface area contributed by atoms with E-state index < -0.39 is 10.0 Å². The van der Waals surface area contributed by atoms with Crippen molar-refractivity contribution in [3.8, 4) is 0 Å². The second-order valence-electron chi connectivity index (χ2n) is 5.61. The van der Waals surface area contributed by atoms with E-state index in [1.165, 1.54) is 0 Å². The summed E-state index contributed by atoms with van der Waals surface area (Å²) < 4.78 is 26.6. The van der Waals surface area contributed by atoms with Crippen LogP contribution in [0.25, 0.3) is 0 Å². The quantitative estimate of drug-likeness (QED) is 0.782. The van der Waals surface area contributed by atoms with E-state index >= 15 is 0 Å². The van der Waals surface area contributed by atoms with Crippen molar-refractivity contribution in [2.24, 2.45) is 5.92 Å². The smallest absolute Gasteiger partial charge is 0.260 e. The van der Waals surface area contributed by atoms with Crippen LogP contribution in [0.15, 0.2) is 23.4 Å². The maximum Gasteiger partial charge on any atom is 0.260 e. The van der Waals surface area contributed by atoms with Gasteiger partial charge < -0.3 is 5.32 Å². The second kappa shape index (κ2) is 7.33. The summed E-state index contributed by atoms with van der Waals surface area (Å²) >= 11 is 0. The zero-order valence-electron chi connectivity index (χ0n) is 12.9. The molecule has 6 heteroatoms. The van der Waals surface area contributed by atoms with Gasteiger partial charge in [-0.1, -0.05) is 26.3 Å². The van der Waals surface area contributed by atoms with E-state index in [1.54, 1.807) is 16.6 Å². The van der Waals surface area contributed by atoms with E-state index in [0.717, 1.165) is 37.9 Å². The topological polar surface area (TPSA) is 62.3 Å². The predicted octanol–water partition coefficient (Wildman–Crippen LogP) is 2.00. The molecule has 0 saturated carbocycles. The van der Waals surface area contributed by atoms with Crippen LogP contribution in [0.5, 0.6) is 0 Å². The largest absolute Gasteiger partial charge is 0.313 e. The summed E-state index contributed by atoms with van der Waals surface area (Å²) in [5.41, 5.74) is 1.01. The Balaban J connectivity index is 2.03. The summed E-state index contributed by atoms with van der Waals surface area (Å²) in [5, 5.41) is 3.44. The molecule has 0 amide bonds. The number of rotatable bonds is 7. The van der Waals surface area contributed by atoms with Crippen molar-refractivity contribution in [2.45, 2.75) is 44.7 Å². The minimum Gasteiger partial charge on any atom is -0.313 e. The highest BCUT2D eigenvalue weighted by atomic mass is 32.2. The Kier molecular flexibility index (Phi) is 5.72. The zero-order chi connectivity index (χ0) is 15.3. The van der Waals surface area contributed by atoms with Gasteiger partial charge >= 0.3 is 0 Å². The fourth-order valence-corrected chi connectivity index (χ4v) is 4.00. The van der Waals surface area contributed by atoms with Gasteiger partial charge in [0.2, 0.25) is 0 Å². The van der Waals surface area contributed by atoms with Crippen molar-refractivity contribution < 1.29 is 8.42 Å². The Hall–Kier alpha value is -0.980. The monoisotopic (exact) mass is 311 g/mol. The van der Waals surface area contributed by atoms with Crippen LogP contribution in [-0.2, 0) is 16.6 Å². The van der Waals surface area contributed by atoms with Gasteiger partial charge in [-0.3, -0.25) is 0 Å². The summed E-state index contributed by atoms with van der Waals surface area (Å²) in [6.45, 7) is 7.13. The number of sulfonamides is 1. The number of hydrogen-bond acceptors (Lipinski definition) is 4. The second-order valence-corrected chi connectivity index (χ2v) is 7.49. The molecule has 0 radical (unpaired) electrons. The van der Waals surface area contributed by atoms with Gasteiger partial charge in [-0.2, -0.15) is 4.31 Å². The predicted molar refractivity (Wildman–Crippen MR) is 83.4 cm³/mol. The van der Waals surface area contributed by atoms with E-state index in [4.69, 9.17) is 0 Å². The minimum absolute atomic E-state index is 0.165. The molecule has 21 heavy (non-hydrogen) atoms. The lowest BCUT2D eigenvalue weighted by molar-refractivity contribution is 0.450. The van der Waals surface area contributed by atoms with Crippen LogP contribution in [-0.4, -0.2) is 37.3 Å². The van der Waals surface area contributed by atoms with Crippen molar-refractivity contribution in [2.75, 3.05) is 19.6 Å². The lowest BCUT2D eigenvalue weighted by Crippen LogP contribution is -2.29. The van der Waals surface area contributed by atoms with E-state index in [9.17, 15) is 8.42 Å². The molecule has 1 N–H and O–H groups in total. The molecule has 2 heterocycles. The van der Waals surface area contributed by atoms with Gasteiger partial charge in [-0.05, 0) is 36.9 Å². The normalized spacial score (nSPS) is 20.0. The lowest BCUT2D eigenvalue weighted by atomic mass is 10.1. The van der Waals surface area contributed by atoms with Gasteiger partial charge in [0.15, 0.2) is 5.03 Å². The average molecular weight is 311 g/mol. The van der Waals surface area contributed by atoms with E-state index in [2.05, 4.69) is 24.1 Å². The molecule has 1 atom stereocenters. The molecule has 0 bridgehead atoms. The number of hydrogen-bond donors (Lipinski definition) is 1. The molecule has 2 rings (SSSR count). The molecule has 1 fully saturated rings. The van der Waals surface area contributed by atoms with Crippen molar-refractivity contribution in [3.63, 3.8) is 0 Å². The molecule has 0 aliphatic carbocycles. The molecule has 1 aromatic heterocycles. The maximum atomic E-state index is 12.5. The third kappa shape index (κ3) is 4.02. The van der Waals surface area contributed by atoms with Crippen LogP contribution in [0, 0.1) is 5.92 Å². The molecule has 1 saturated heterocycles. The molecular weight excluding hydrogens is 286 g/mol. The van der Waals surface area contributed by atoms with Gasteiger partial charge in [-0.15, -0.1) is 0 Å². The van der Waals surface area contributed by atoms with Crippen LogP contribution in [0.4, 0.5) is 0 Å². The fraction of sp³-hybridized carbons (Fsp3) is 0.667. The van der Waals surface area contributed by atoms with Gasteiger partial charge in [0.25, 0.3) is 10.0 Å². The van der Waals surface area contributed by atoms with E-state index in [-0.39, 0.29) is 5.03 Å². The number of pyridine rings is 1. The average Bonchev–Trinajstić information content (AvgIpc) is 2.98.